The molecule has 2 saturated carbocycles. The zero-order chi connectivity index (χ0) is 26.1. The van der Waals surface area contributed by atoms with Crippen LogP contribution in [0.5, 0.6) is 0 Å². The second kappa shape index (κ2) is 10.2. The molecule has 0 unspecified atom stereocenters. The van der Waals surface area contributed by atoms with Crippen LogP contribution in [0.25, 0.3) is 0 Å². The number of carbonyl (C=O) groups excluding carboxylic acids is 5. The average Bonchev–Trinajstić information content (AvgIpc) is 3.60. The molecule has 3 aliphatic rings. The van der Waals surface area contributed by atoms with Gasteiger partial charge in [0.05, 0.1) is 35.3 Å². The van der Waals surface area contributed by atoms with E-state index in [-0.39, 0.29) is 29.2 Å². The first-order chi connectivity index (χ1) is 17.9. The lowest BCUT2D eigenvalue weighted by atomic mass is 9.81. The Morgan fingerprint density at radius 2 is 1.38 bits per heavy atom. The fourth-order valence-corrected chi connectivity index (χ4v) is 5.79. The van der Waals surface area contributed by atoms with Crippen LogP contribution in [0.4, 0.5) is 11.4 Å². The van der Waals surface area contributed by atoms with Crippen LogP contribution in [0, 0.1) is 23.7 Å². The van der Waals surface area contributed by atoms with E-state index in [1.54, 1.807) is 24.3 Å². The van der Waals surface area contributed by atoms with Crippen LogP contribution in [-0.4, -0.2) is 42.9 Å². The number of nitrogens with zero attached hydrogens (tertiary/aromatic N) is 1. The maximum Gasteiger partial charge on any atom is 0.338 e. The van der Waals surface area contributed by atoms with E-state index in [9.17, 15) is 24.0 Å². The van der Waals surface area contributed by atoms with Crippen molar-refractivity contribution in [1.82, 2.24) is 0 Å². The number of anilines is 2. The average molecular weight is 505 g/mol. The van der Waals surface area contributed by atoms with Gasteiger partial charge >= 0.3 is 11.9 Å². The topological polar surface area (TPSA) is 119 Å². The molecule has 2 aromatic rings. The molecular formula is C28H28N2O7. The monoisotopic (exact) mass is 504 g/mol. The molecule has 9 heteroatoms. The molecular weight excluding hydrogens is 476 g/mol. The summed E-state index contributed by atoms with van der Waals surface area (Å²) in [4.78, 5) is 63.7. The highest BCUT2D eigenvalue weighted by Gasteiger charge is 2.61. The molecule has 2 bridgehead atoms. The van der Waals surface area contributed by atoms with Crippen molar-refractivity contribution in [2.75, 3.05) is 23.4 Å². The Labute approximate surface area is 214 Å². The smallest absolute Gasteiger partial charge is 0.338 e. The Kier molecular flexibility index (Phi) is 6.78. The van der Waals surface area contributed by atoms with Gasteiger partial charge in [-0.15, -0.1) is 0 Å². The third-order valence-corrected chi connectivity index (χ3v) is 7.46. The quantitative estimate of drug-likeness (QED) is 0.431. The molecule has 1 N–H and O–H groups in total. The van der Waals surface area contributed by atoms with Gasteiger partial charge in [0.1, 0.15) is 0 Å². The predicted molar refractivity (Wildman–Crippen MR) is 133 cm³/mol. The van der Waals surface area contributed by atoms with Crippen LogP contribution in [-0.2, 0) is 23.9 Å². The first-order valence-corrected chi connectivity index (χ1v) is 12.6. The van der Waals surface area contributed by atoms with Crippen molar-refractivity contribution < 1.29 is 33.4 Å². The van der Waals surface area contributed by atoms with Gasteiger partial charge in [-0.3, -0.25) is 19.3 Å². The lowest BCUT2D eigenvalue weighted by Gasteiger charge is -2.19. The van der Waals surface area contributed by atoms with Crippen molar-refractivity contribution >= 4 is 41.0 Å². The van der Waals surface area contributed by atoms with Crippen LogP contribution in [0.2, 0.25) is 0 Å². The van der Waals surface area contributed by atoms with E-state index in [1.165, 1.54) is 29.2 Å². The molecule has 37 heavy (non-hydrogen) atoms. The van der Waals surface area contributed by atoms with E-state index in [0.717, 1.165) is 25.7 Å². The van der Waals surface area contributed by atoms with Gasteiger partial charge in [0.15, 0.2) is 6.61 Å². The number of hydrogen-bond acceptors (Lipinski definition) is 7. The summed E-state index contributed by atoms with van der Waals surface area (Å²) in [5, 5.41) is 2.60. The minimum absolute atomic E-state index is 0.139. The highest BCUT2D eigenvalue weighted by atomic mass is 16.5. The van der Waals surface area contributed by atoms with Crippen LogP contribution in [0.1, 0.15) is 53.3 Å². The van der Waals surface area contributed by atoms with Crippen molar-refractivity contribution in [3.05, 3.63) is 59.7 Å². The molecule has 2 aliphatic carbocycles. The third-order valence-electron chi connectivity index (χ3n) is 7.46. The Morgan fingerprint density at radius 3 is 1.95 bits per heavy atom. The molecule has 0 spiro atoms. The summed E-state index contributed by atoms with van der Waals surface area (Å²) >= 11 is 0. The first-order valence-electron chi connectivity index (χ1n) is 12.6. The molecule has 1 aliphatic heterocycles. The van der Waals surface area contributed by atoms with Gasteiger partial charge in [-0.25, -0.2) is 9.59 Å². The van der Waals surface area contributed by atoms with Crippen LogP contribution >= 0.6 is 0 Å². The van der Waals surface area contributed by atoms with Gasteiger partial charge in [-0.1, -0.05) is 6.92 Å². The largest absolute Gasteiger partial charge is 0.462 e. The number of hydrogen-bond donors (Lipinski definition) is 1. The van der Waals surface area contributed by atoms with Crippen molar-refractivity contribution in [1.29, 1.82) is 0 Å². The molecule has 1 saturated heterocycles. The van der Waals surface area contributed by atoms with E-state index in [1.807, 2.05) is 6.92 Å². The van der Waals surface area contributed by atoms with Crippen molar-refractivity contribution in [3.8, 4) is 0 Å². The molecule has 5 rings (SSSR count). The number of amides is 3. The molecule has 2 aromatic carbocycles. The number of imide groups is 1. The maximum absolute atomic E-state index is 13.0. The van der Waals surface area contributed by atoms with Gasteiger partial charge < -0.3 is 14.8 Å². The third kappa shape index (κ3) is 4.73. The van der Waals surface area contributed by atoms with Crippen LogP contribution < -0.4 is 10.2 Å². The second-order valence-electron chi connectivity index (χ2n) is 9.78. The fourth-order valence-electron chi connectivity index (χ4n) is 5.79. The summed E-state index contributed by atoms with van der Waals surface area (Å²) < 4.78 is 10.2. The molecule has 4 atom stereocenters. The lowest BCUT2D eigenvalue weighted by molar-refractivity contribution is -0.123. The molecule has 3 amide bonds. The van der Waals surface area contributed by atoms with E-state index >= 15 is 0 Å². The maximum atomic E-state index is 13.0. The minimum Gasteiger partial charge on any atom is -0.462 e. The normalized spacial score (nSPS) is 23.6. The Hall–Kier alpha value is -4.01. The number of nitrogens with one attached hydrogen (secondary N) is 1. The standard InChI is InChI=1S/C28H28N2O7/c1-2-13-36-27(34)16-5-9-20(10-6-16)29-22(31)15-37-28(35)17-7-11-21(12-8-17)30-25(32)23-18-3-4-19(14-18)24(23)26(30)33/h5-12,18-19,23-24H,2-4,13-15H2,1H3,(H,29,31)/t18-,19-,23-,24-/m0/s1. The summed E-state index contributed by atoms with van der Waals surface area (Å²) in [6.45, 7) is 1.73. The molecule has 192 valence electrons. The van der Waals surface area contributed by atoms with Crippen molar-refractivity contribution in [3.63, 3.8) is 0 Å². The number of esters is 2. The number of benzene rings is 2. The van der Waals surface area contributed by atoms with Gasteiger partial charge in [0.25, 0.3) is 5.91 Å². The van der Waals surface area contributed by atoms with Crippen molar-refractivity contribution in [2.24, 2.45) is 23.7 Å². The van der Waals surface area contributed by atoms with E-state index in [4.69, 9.17) is 9.47 Å². The fraction of sp³-hybridized carbons (Fsp3) is 0.393. The number of fused-ring (bicyclic) bond motifs is 5. The summed E-state index contributed by atoms with van der Waals surface area (Å²) in [5.74, 6) is -1.77. The number of carbonyl (C=O) groups is 5. The van der Waals surface area contributed by atoms with Gasteiger partial charge in [0, 0.05) is 5.69 Å². The number of ether oxygens (including phenoxy) is 2. The predicted octanol–water partition coefficient (Wildman–Crippen LogP) is 3.58. The lowest BCUT2D eigenvalue weighted by Crippen LogP contribution is -2.32. The zero-order valence-electron chi connectivity index (χ0n) is 20.5. The summed E-state index contributed by atoms with van der Waals surface area (Å²) in [6.07, 6.45) is 3.71. The SMILES string of the molecule is CCCOC(=O)c1ccc(NC(=O)COC(=O)c2ccc(N3C(=O)[C@H]4[C@H]5CC[C@@H](C5)[C@@H]4C3=O)cc2)cc1. The zero-order valence-corrected chi connectivity index (χ0v) is 20.5. The van der Waals surface area contributed by atoms with Crippen molar-refractivity contribution in [2.45, 2.75) is 32.6 Å². The Balaban J connectivity index is 1.13. The molecule has 3 fully saturated rings. The Morgan fingerprint density at radius 1 is 0.838 bits per heavy atom. The molecule has 0 radical (unpaired) electrons. The van der Waals surface area contributed by atoms with E-state index < -0.39 is 24.5 Å². The van der Waals surface area contributed by atoms with Crippen LogP contribution in [0.3, 0.4) is 0 Å². The van der Waals surface area contributed by atoms with Crippen LogP contribution in [0.15, 0.2) is 48.5 Å². The summed E-state index contributed by atoms with van der Waals surface area (Å²) in [6, 6.07) is 12.3. The first kappa shape index (κ1) is 24.7. The van der Waals surface area contributed by atoms with E-state index in [2.05, 4.69) is 5.32 Å². The number of rotatable bonds is 8. The summed E-state index contributed by atoms with van der Waals surface area (Å²) in [5.41, 5.74) is 1.45. The van der Waals surface area contributed by atoms with E-state index in [0.29, 0.717) is 35.4 Å². The van der Waals surface area contributed by atoms with Gasteiger partial charge in [-0.05, 0) is 86.1 Å². The van der Waals surface area contributed by atoms with Gasteiger partial charge in [0.2, 0.25) is 11.8 Å². The van der Waals surface area contributed by atoms with Gasteiger partial charge in [-0.2, -0.15) is 0 Å². The molecule has 0 aromatic heterocycles. The highest BCUT2D eigenvalue weighted by molar-refractivity contribution is 6.22. The highest BCUT2D eigenvalue weighted by Crippen LogP contribution is 2.56. The molecule has 1 heterocycles. The minimum atomic E-state index is -0.704. The Bertz CT molecular complexity index is 1210. The summed E-state index contributed by atoms with van der Waals surface area (Å²) in [7, 11) is 0. The second-order valence-corrected chi connectivity index (χ2v) is 9.78. The molecule has 9 nitrogen and oxygen atoms in total.